The van der Waals surface area contributed by atoms with Crippen LogP contribution in [0.1, 0.15) is 19.3 Å². The van der Waals surface area contributed by atoms with E-state index in [0.29, 0.717) is 42.2 Å². The van der Waals surface area contributed by atoms with Crippen LogP contribution in [0.5, 0.6) is 11.5 Å². The number of methoxy groups -OCH3 is 1. The number of nitrogens with zero attached hydrogens (tertiary/aromatic N) is 2. The van der Waals surface area contributed by atoms with Crippen molar-refractivity contribution in [3.05, 3.63) is 28.8 Å². The second kappa shape index (κ2) is 8.82. The van der Waals surface area contributed by atoms with Gasteiger partial charge < -0.3 is 19.2 Å². The van der Waals surface area contributed by atoms with Crippen LogP contribution >= 0.6 is 0 Å². The topological polar surface area (TPSA) is 76.7 Å². The van der Waals surface area contributed by atoms with Crippen molar-refractivity contribution in [2.75, 3.05) is 46.6 Å². The van der Waals surface area contributed by atoms with Crippen molar-refractivity contribution in [2.24, 2.45) is 0 Å². The maximum Gasteiger partial charge on any atom is 0.258 e. The number of benzene rings is 1. The van der Waals surface area contributed by atoms with Gasteiger partial charge in [0.05, 0.1) is 23.8 Å². The highest BCUT2D eigenvalue weighted by atomic mass is 16.5. The molecule has 0 spiro atoms. The van der Waals surface area contributed by atoms with E-state index in [-0.39, 0.29) is 5.56 Å². The number of piperidine rings is 1. The third kappa shape index (κ3) is 4.70. The van der Waals surface area contributed by atoms with Crippen LogP contribution in [0, 0.1) is 0 Å². The Morgan fingerprint density at radius 2 is 1.84 bits per heavy atom. The van der Waals surface area contributed by atoms with Gasteiger partial charge in [0.25, 0.3) is 5.56 Å². The molecule has 0 atom stereocenters. The average molecular weight is 347 g/mol. The van der Waals surface area contributed by atoms with Crippen LogP contribution in [0.3, 0.4) is 0 Å². The number of rotatable bonds is 8. The zero-order chi connectivity index (χ0) is 17.5. The molecule has 2 heterocycles. The van der Waals surface area contributed by atoms with Gasteiger partial charge in [-0.15, -0.1) is 0 Å². The molecule has 1 aliphatic rings. The van der Waals surface area contributed by atoms with Gasteiger partial charge in [0.15, 0.2) is 11.5 Å². The summed E-state index contributed by atoms with van der Waals surface area (Å²) in [7, 11) is 1.63. The predicted molar refractivity (Wildman–Crippen MR) is 95.5 cm³/mol. The number of H-pyrrole nitrogens is 1. The number of hydrogen-bond donors (Lipinski definition) is 1. The lowest BCUT2D eigenvalue weighted by atomic mass is 10.1. The molecule has 136 valence electrons. The molecule has 1 N–H and O–H groups in total. The van der Waals surface area contributed by atoms with E-state index in [1.165, 1.54) is 25.6 Å². The molecule has 0 bridgehead atoms. The molecule has 0 saturated carbocycles. The first-order valence-electron chi connectivity index (χ1n) is 8.76. The monoisotopic (exact) mass is 347 g/mol. The first kappa shape index (κ1) is 17.7. The first-order chi connectivity index (χ1) is 12.3. The second-order valence-corrected chi connectivity index (χ2v) is 6.14. The van der Waals surface area contributed by atoms with E-state index in [4.69, 9.17) is 14.2 Å². The quantitative estimate of drug-likeness (QED) is 0.734. The Morgan fingerprint density at radius 3 is 2.64 bits per heavy atom. The molecule has 0 unspecified atom stereocenters. The Labute approximate surface area is 146 Å². The van der Waals surface area contributed by atoms with E-state index in [1.54, 1.807) is 19.2 Å². The summed E-state index contributed by atoms with van der Waals surface area (Å²) >= 11 is 0. The summed E-state index contributed by atoms with van der Waals surface area (Å²) in [5.74, 6) is 1.15. The average Bonchev–Trinajstić information content (AvgIpc) is 2.64. The summed E-state index contributed by atoms with van der Waals surface area (Å²) in [6.45, 7) is 4.58. The molecule has 7 heteroatoms. The lowest BCUT2D eigenvalue weighted by molar-refractivity contribution is 0.141. The minimum absolute atomic E-state index is 0.186. The largest absolute Gasteiger partial charge is 0.488 e. The predicted octanol–water partition coefficient (Wildman–Crippen LogP) is 1.81. The summed E-state index contributed by atoms with van der Waals surface area (Å²) in [4.78, 5) is 21.2. The molecule has 1 aromatic heterocycles. The van der Waals surface area contributed by atoms with Crippen LogP contribution in [-0.2, 0) is 4.74 Å². The van der Waals surface area contributed by atoms with Crippen LogP contribution in [0.2, 0.25) is 0 Å². The van der Waals surface area contributed by atoms with Gasteiger partial charge in [-0.3, -0.25) is 9.69 Å². The van der Waals surface area contributed by atoms with Crippen LogP contribution in [0.4, 0.5) is 0 Å². The molecular weight excluding hydrogens is 322 g/mol. The normalized spacial score (nSPS) is 15.4. The van der Waals surface area contributed by atoms with Gasteiger partial charge in [0, 0.05) is 19.7 Å². The number of hydrogen-bond acceptors (Lipinski definition) is 6. The van der Waals surface area contributed by atoms with E-state index < -0.39 is 0 Å². The van der Waals surface area contributed by atoms with Crippen LogP contribution < -0.4 is 15.0 Å². The van der Waals surface area contributed by atoms with Crippen molar-refractivity contribution in [1.29, 1.82) is 0 Å². The summed E-state index contributed by atoms with van der Waals surface area (Å²) in [5.41, 5.74) is 0.397. The Morgan fingerprint density at radius 1 is 1.08 bits per heavy atom. The van der Waals surface area contributed by atoms with Crippen molar-refractivity contribution in [3.8, 4) is 11.5 Å². The van der Waals surface area contributed by atoms with Crippen LogP contribution in [0.25, 0.3) is 10.9 Å². The fraction of sp³-hybridized carbons (Fsp3) is 0.556. The van der Waals surface area contributed by atoms with Gasteiger partial charge in [-0.25, -0.2) is 4.98 Å². The second-order valence-electron chi connectivity index (χ2n) is 6.14. The minimum atomic E-state index is -0.186. The highest BCUT2D eigenvalue weighted by Crippen LogP contribution is 2.30. The Bertz CT molecular complexity index is 741. The number of nitrogens with one attached hydrogen (secondary N) is 1. The zero-order valence-corrected chi connectivity index (χ0v) is 14.6. The van der Waals surface area contributed by atoms with Crippen LogP contribution in [0.15, 0.2) is 23.3 Å². The highest BCUT2D eigenvalue weighted by molar-refractivity contribution is 5.81. The zero-order valence-electron chi connectivity index (χ0n) is 14.6. The van der Waals surface area contributed by atoms with E-state index in [2.05, 4.69) is 14.9 Å². The van der Waals surface area contributed by atoms with E-state index in [9.17, 15) is 4.79 Å². The lowest BCUT2D eigenvalue weighted by Gasteiger charge is -2.26. The van der Waals surface area contributed by atoms with Crippen molar-refractivity contribution in [3.63, 3.8) is 0 Å². The molecule has 25 heavy (non-hydrogen) atoms. The van der Waals surface area contributed by atoms with Gasteiger partial charge in [-0.2, -0.15) is 0 Å². The molecule has 3 rings (SSSR count). The van der Waals surface area contributed by atoms with E-state index in [1.807, 2.05) is 0 Å². The third-order valence-electron chi connectivity index (χ3n) is 4.36. The smallest absolute Gasteiger partial charge is 0.258 e. The molecule has 1 aromatic carbocycles. The Balaban J connectivity index is 1.73. The van der Waals surface area contributed by atoms with Gasteiger partial charge in [0.2, 0.25) is 0 Å². The first-order valence-corrected chi connectivity index (χ1v) is 8.76. The van der Waals surface area contributed by atoms with E-state index >= 15 is 0 Å². The number of aromatic nitrogens is 2. The molecule has 1 aliphatic heterocycles. The van der Waals surface area contributed by atoms with Gasteiger partial charge in [0.1, 0.15) is 13.2 Å². The summed E-state index contributed by atoms with van der Waals surface area (Å²) in [6, 6.07) is 3.45. The van der Waals surface area contributed by atoms with Crippen LogP contribution in [-0.4, -0.2) is 61.4 Å². The number of likely N-dealkylation sites (tertiary alicyclic amines) is 1. The van der Waals surface area contributed by atoms with Crippen molar-refractivity contribution < 1.29 is 14.2 Å². The maximum atomic E-state index is 12.0. The Kier molecular flexibility index (Phi) is 6.25. The Hall–Kier alpha value is -2.12. The summed E-state index contributed by atoms with van der Waals surface area (Å²) < 4.78 is 16.7. The molecule has 7 nitrogen and oxygen atoms in total. The molecule has 0 aliphatic carbocycles. The molecule has 0 radical (unpaired) electrons. The van der Waals surface area contributed by atoms with Crippen molar-refractivity contribution in [1.82, 2.24) is 14.9 Å². The van der Waals surface area contributed by atoms with Crippen molar-refractivity contribution >= 4 is 10.9 Å². The molecule has 2 aromatic rings. The van der Waals surface area contributed by atoms with Gasteiger partial charge in [-0.05, 0) is 32.0 Å². The van der Waals surface area contributed by atoms with Gasteiger partial charge >= 0.3 is 0 Å². The fourth-order valence-electron chi connectivity index (χ4n) is 3.00. The van der Waals surface area contributed by atoms with Gasteiger partial charge in [-0.1, -0.05) is 6.42 Å². The summed E-state index contributed by atoms with van der Waals surface area (Å²) in [6.07, 6.45) is 5.21. The SMILES string of the molecule is COCCOc1cc2nc[nH]c(=O)c2cc1OCCN1CCCCC1. The highest BCUT2D eigenvalue weighted by Gasteiger charge is 2.13. The summed E-state index contributed by atoms with van der Waals surface area (Å²) in [5, 5.41) is 0.495. The molecular formula is C18H25N3O4. The molecule has 1 saturated heterocycles. The molecule has 1 fully saturated rings. The lowest BCUT2D eigenvalue weighted by Crippen LogP contribution is -2.33. The minimum Gasteiger partial charge on any atom is -0.488 e. The fourth-order valence-corrected chi connectivity index (χ4v) is 3.00. The number of fused-ring (bicyclic) bond motifs is 1. The maximum absolute atomic E-state index is 12.0. The van der Waals surface area contributed by atoms with Crippen molar-refractivity contribution in [2.45, 2.75) is 19.3 Å². The third-order valence-corrected chi connectivity index (χ3v) is 4.36. The molecule has 0 amide bonds. The number of aromatic amines is 1. The van der Waals surface area contributed by atoms with E-state index in [0.717, 1.165) is 19.6 Å². The standard InChI is InChI=1S/C18H25N3O4/c1-23-9-10-25-17-12-15-14(18(22)20-13-19-15)11-16(17)24-8-7-21-5-3-2-4-6-21/h11-13H,2-10H2,1H3,(H,19,20,22). The number of ether oxygens (including phenoxy) is 3.